The Balaban J connectivity index is 1.76. The summed E-state index contributed by atoms with van der Waals surface area (Å²) in [6, 6.07) is 3.67. The van der Waals surface area contributed by atoms with Crippen LogP contribution in [0.1, 0.15) is 53.0 Å². The van der Waals surface area contributed by atoms with Gasteiger partial charge in [-0.25, -0.2) is 4.79 Å². The average molecular weight is 463 g/mol. The van der Waals surface area contributed by atoms with Crippen molar-refractivity contribution in [1.29, 1.82) is 0 Å². The molecule has 1 saturated heterocycles. The molecule has 0 aliphatic carbocycles. The number of carbonyl (C=O) groups is 3. The van der Waals surface area contributed by atoms with Crippen molar-refractivity contribution in [2.24, 2.45) is 5.92 Å². The van der Waals surface area contributed by atoms with E-state index >= 15 is 0 Å². The second-order valence-electron chi connectivity index (χ2n) is 9.71. The van der Waals surface area contributed by atoms with E-state index in [1.807, 2.05) is 40.7 Å². The molecular weight excluding hydrogens is 424 g/mol. The molecule has 2 rings (SSSR count). The van der Waals surface area contributed by atoms with E-state index in [9.17, 15) is 14.4 Å². The fourth-order valence-corrected chi connectivity index (χ4v) is 3.61. The third kappa shape index (κ3) is 9.77. The lowest BCUT2D eigenvalue weighted by Crippen LogP contribution is -2.48. The minimum Gasteiger partial charge on any atom is -0.444 e. The van der Waals surface area contributed by atoms with Crippen LogP contribution in [-0.2, 0) is 25.6 Å². The van der Waals surface area contributed by atoms with Crippen LogP contribution in [0.4, 0.5) is 4.79 Å². The lowest BCUT2D eigenvalue weighted by molar-refractivity contribution is -0.140. The van der Waals surface area contributed by atoms with Crippen molar-refractivity contribution >= 4 is 17.9 Å². The topological polar surface area (TPSA) is 101 Å². The molecule has 1 aromatic heterocycles. The molecule has 184 valence electrons. The number of carbonyl (C=O) groups excluding carboxylic acids is 3. The number of nitrogens with one attached hydrogen (secondary N) is 1. The number of likely N-dealkylation sites (tertiary alicyclic amines) is 1. The molecule has 9 nitrogen and oxygen atoms in total. The number of hydrogen-bond acceptors (Lipinski definition) is 6. The maximum Gasteiger partial charge on any atom is 0.410 e. The van der Waals surface area contributed by atoms with Gasteiger partial charge in [0.1, 0.15) is 18.8 Å². The van der Waals surface area contributed by atoms with Gasteiger partial charge in [-0.1, -0.05) is 6.07 Å². The third-order valence-electron chi connectivity index (χ3n) is 5.25. The Kier molecular flexibility index (Phi) is 10.1. The van der Waals surface area contributed by atoms with E-state index in [0.717, 1.165) is 18.4 Å². The Bertz CT molecular complexity index is 779. The number of ether oxygens (including phenoxy) is 2. The second-order valence-corrected chi connectivity index (χ2v) is 9.71. The summed E-state index contributed by atoms with van der Waals surface area (Å²) in [5.41, 5.74) is 0.337. The molecule has 1 aliphatic heterocycles. The molecule has 0 aromatic carbocycles. The van der Waals surface area contributed by atoms with E-state index in [-0.39, 0.29) is 43.1 Å². The van der Waals surface area contributed by atoms with E-state index in [2.05, 4.69) is 10.3 Å². The van der Waals surface area contributed by atoms with E-state index in [0.29, 0.717) is 26.2 Å². The average Bonchev–Trinajstić information content (AvgIpc) is 2.75. The number of rotatable bonds is 9. The van der Waals surface area contributed by atoms with Gasteiger partial charge in [-0.05, 0) is 65.0 Å². The molecule has 1 N–H and O–H groups in total. The van der Waals surface area contributed by atoms with Crippen molar-refractivity contribution in [3.63, 3.8) is 0 Å². The first-order valence-corrected chi connectivity index (χ1v) is 11.6. The van der Waals surface area contributed by atoms with Gasteiger partial charge in [-0.3, -0.25) is 14.6 Å². The molecule has 2 heterocycles. The van der Waals surface area contributed by atoms with Crippen LogP contribution in [0.5, 0.6) is 0 Å². The van der Waals surface area contributed by atoms with Crippen molar-refractivity contribution in [3.8, 4) is 0 Å². The second kappa shape index (κ2) is 12.5. The third-order valence-corrected chi connectivity index (χ3v) is 5.25. The predicted octanol–water partition coefficient (Wildman–Crippen LogP) is 2.60. The van der Waals surface area contributed by atoms with Crippen LogP contribution in [0, 0.1) is 5.92 Å². The van der Waals surface area contributed by atoms with Gasteiger partial charge in [0.25, 0.3) is 0 Å². The van der Waals surface area contributed by atoms with E-state index in [1.54, 1.807) is 28.3 Å². The predicted molar refractivity (Wildman–Crippen MR) is 124 cm³/mol. The summed E-state index contributed by atoms with van der Waals surface area (Å²) in [4.78, 5) is 44.6. The fourth-order valence-electron chi connectivity index (χ4n) is 3.61. The molecule has 0 unspecified atom stereocenters. The molecule has 3 amide bonds. The Morgan fingerprint density at radius 3 is 2.67 bits per heavy atom. The molecule has 0 saturated carbocycles. The quantitative estimate of drug-likeness (QED) is 0.605. The van der Waals surface area contributed by atoms with Crippen molar-refractivity contribution in [3.05, 3.63) is 30.1 Å². The zero-order valence-electron chi connectivity index (χ0n) is 20.5. The van der Waals surface area contributed by atoms with Crippen molar-refractivity contribution in [2.75, 3.05) is 32.8 Å². The number of amides is 3. The zero-order chi connectivity index (χ0) is 24.4. The smallest absolute Gasteiger partial charge is 0.410 e. The van der Waals surface area contributed by atoms with Crippen LogP contribution in [0.25, 0.3) is 0 Å². The highest BCUT2D eigenvalue weighted by Gasteiger charge is 2.30. The van der Waals surface area contributed by atoms with Gasteiger partial charge in [-0.15, -0.1) is 0 Å². The largest absolute Gasteiger partial charge is 0.444 e. The van der Waals surface area contributed by atoms with Gasteiger partial charge in [-0.2, -0.15) is 0 Å². The molecule has 0 bridgehead atoms. The fraction of sp³-hybridized carbons (Fsp3) is 0.667. The summed E-state index contributed by atoms with van der Waals surface area (Å²) < 4.78 is 10.9. The lowest BCUT2D eigenvalue weighted by Gasteiger charge is -2.37. The highest BCUT2D eigenvalue weighted by molar-refractivity contribution is 5.79. The number of hydrogen-bond donors (Lipinski definition) is 1. The first kappa shape index (κ1) is 26.6. The summed E-state index contributed by atoms with van der Waals surface area (Å²) in [7, 11) is 0. The molecule has 33 heavy (non-hydrogen) atoms. The van der Waals surface area contributed by atoms with Gasteiger partial charge in [0, 0.05) is 44.6 Å². The standard InChI is InChI=1S/C24H38N4O5/c1-18(2)28(23(31)33-24(3,4)5)15-20-9-7-11-27(14-20)22(30)17-32-16-21(29)26-13-19-8-6-10-25-12-19/h6,8,10,12,18,20H,7,9,11,13-17H2,1-5H3,(H,26,29)/t20-/m1/s1. The van der Waals surface area contributed by atoms with Gasteiger partial charge in [0.2, 0.25) is 11.8 Å². The Morgan fingerprint density at radius 1 is 1.27 bits per heavy atom. The van der Waals surface area contributed by atoms with Crippen LogP contribution < -0.4 is 5.32 Å². The first-order chi connectivity index (χ1) is 15.5. The van der Waals surface area contributed by atoms with Crippen molar-refractivity contribution in [2.45, 2.75) is 65.6 Å². The highest BCUT2D eigenvalue weighted by Crippen LogP contribution is 2.21. The normalized spacial score (nSPS) is 16.4. The minimum atomic E-state index is -0.555. The molecule has 1 fully saturated rings. The highest BCUT2D eigenvalue weighted by atomic mass is 16.6. The summed E-state index contributed by atoms with van der Waals surface area (Å²) in [6.45, 7) is 11.3. The number of pyridine rings is 1. The lowest BCUT2D eigenvalue weighted by atomic mass is 9.97. The number of nitrogens with zero attached hydrogens (tertiary/aromatic N) is 3. The maximum atomic E-state index is 12.6. The first-order valence-electron chi connectivity index (χ1n) is 11.6. The van der Waals surface area contributed by atoms with Crippen LogP contribution in [-0.4, -0.2) is 77.2 Å². The van der Waals surface area contributed by atoms with Gasteiger partial charge >= 0.3 is 6.09 Å². The van der Waals surface area contributed by atoms with E-state index < -0.39 is 5.60 Å². The van der Waals surface area contributed by atoms with Crippen LogP contribution in [0.3, 0.4) is 0 Å². The summed E-state index contributed by atoms with van der Waals surface area (Å²) in [5, 5.41) is 2.74. The van der Waals surface area contributed by atoms with Crippen LogP contribution >= 0.6 is 0 Å². The van der Waals surface area contributed by atoms with Gasteiger partial charge in [0.05, 0.1) is 0 Å². The molecule has 0 spiro atoms. The van der Waals surface area contributed by atoms with E-state index in [4.69, 9.17) is 9.47 Å². The Hall–Kier alpha value is -2.68. The summed E-state index contributed by atoms with van der Waals surface area (Å²) >= 11 is 0. The monoisotopic (exact) mass is 462 g/mol. The van der Waals surface area contributed by atoms with Gasteiger partial charge in [0.15, 0.2) is 0 Å². The van der Waals surface area contributed by atoms with Gasteiger partial charge < -0.3 is 24.6 Å². The van der Waals surface area contributed by atoms with Crippen molar-refractivity contribution < 1.29 is 23.9 Å². The number of piperidine rings is 1. The van der Waals surface area contributed by atoms with Crippen LogP contribution in [0.2, 0.25) is 0 Å². The number of aromatic nitrogens is 1. The summed E-state index contributed by atoms with van der Waals surface area (Å²) in [5.74, 6) is -0.262. The molecule has 1 aliphatic rings. The van der Waals surface area contributed by atoms with E-state index in [1.165, 1.54) is 0 Å². The summed E-state index contributed by atoms with van der Waals surface area (Å²) in [6.07, 6.45) is 4.82. The zero-order valence-corrected chi connectivity index (χ0v) is 20.5. The molecule has 1 atom stereocenters. The molecular formula is C24H38N4O5. The van der Waals surface area contributed by atoms with Crippen molar-refractivity contribution in [1.82, 2.24) is 20.1 Å². The Labute approximate surface area is 196 Å². The molecule has 9 heteroatoms. The Morgan fingerprint density at radius 2 is 2.03 bits per heavy atom. The minimum absolute atomic E-state index is 0.000518. The molecule has 1 aromatic rings. The maximum absolute atomic E-state index is 12.6. The van der Waals surface area contributed by atoms with Crippen LogP contribution in [0.15, 0.2) is 24.5 Å². The SMILES string of the molecule is CC(C)N(C[C@@H]1CCCN(C(=O)COCC(=O)NCc2cccnc2)C1)C(=O)OC(C)(C)C. The molecule has 0 radical (unpaired) electrons.